The number of rotatable bonds is 0. The summed E-state index contributed by atoms with van der Waals surface area (Å²) in [7, 11) is 0. The summed E-state index contributed by atoms with van der Waals surface area (Å²) in [5.74, 6) is 0.327. The molecule has 1 N–H and O–H groups in total. The van der Waals surface area contributed by atoms with Crippen molar-refractivity contribution < 1.29 is 5.11 Å². The van der Waals surface area contributed by atoms with Gasteiger partial charge in [-0.05, 0) is 38.8 Å². The molecule has 0 radical (unpaired) electrons. The first-order valence-electron chi connectivity index (χ1n) is 3.67. The predicted molar refractivity (Wildman–Crippen MR) is 44.8 cm³/mol. The van der Waals surface area contributed by atoms with E-state index in [2.05, 4.69) is 4.98 Å². The first kappa shape index (κ1) is 8.05. The van der Waals surface area contributed by atoms with E-state index in [1.54, 1.807) is 0 Å². The Hall–Kier alpha value is -1.05. The van der Waals surface area contributed by atoms with Gasteiger partial charge in [-0.1, -0.05) is 0 Å². The Morgan fingerprint density at radius 1 is 0.909 bits per heavy atom. The Bertz CT molecular complexity index is 266. The predicted octanol–water partition coefficient (Wildman–Crippen LogP) is 2.02. The summed E-state index contributed by atoms with van der Waals surface area (Å²) >= 11 is 0. The molecule has 60 valence electrons. The maximum atomic E-state index is 9.45. The summed E-state index contributed by atoms with van der Waals surface area (Å²) in [5.41, 5.74) is 3.73. The highest BCUT2D eigenvalue weighted by Crippen LogP contribution is 2.23. The topological polar surface area (TPSA) is 33.1 Å². The molecule has 1 rings (SSSR count). The second kappa shape index (κ2) is 2.53. The fraction of sp³-hybridized carbons (Fsp3) is 0.444. The highest BCUT2D eigenvalue weighted by atomic mass is 16.3. The van der Waals surface area contributed by atoms with Gasteiger partial charge in [0.15, 0.2) is 0 Å². The standard InChI is InChI=1S/C9H13NO/c1-5-6(2)9(11)8(4)10-7(5)3/h11H,1-4H3. The van der Waals surface area contributed by atoms with Gasteiger partial charge >= 0.3 is 0 Å². The van der Waals surface area contributed by atoms with Crippen LogP contribution in [0, 0.1) is 27.7 Å². The average molecular weight is 151 g/mol. The summed E-state index contributed by atoms with van der Waals surface area (Å²) in [6.07, 6.45) is 0. The van der Waals surface area contributed by atoms with E-state index in [-0.39, 0.29) is 0 Å². The van der Waals surface area contributed by atoms with Crippen LogP contribution in [0.1, 0.15) is 22.5 Å². The lowest BCUT2D eigenvalue weighted by atomic mass is 10.1. The summed E-state index contributed by atoms with van der Waals surface area (Å²) in [4.78, 5) is 4.18. The van der Waals surface area contributed by atoms with Crippen molar-refractivity contribution in [2.45, 2.75) is 27.7 Å². The molecule has 2 nitrogen and oxygen atoms in total. The van der Waals surface area contributed by atoms with E-state index in [9.17, 15) is 5.11 Å². The van der Waals surface area contributed by atoms with Gasteiger partial charge < -0.3 is 5.11 Å². The molecule has 1 heterocycles. The number of nitrogens with zero attached hydrogens (tertiary/aromatic N) is 1. The van der Waals surface area contributed by atoms with Crippen molar-refractivity contribution in [3.63, 3.8) is 0 Å². The van der Waals surface area contributed by atoms with Gasteiger partial charge in [0.05, 0.1) is 5.69 Å². The minimum Gasteiger partial charge on any atom is -0.506 e. The third kappa shape index (κ3) is 1.20. The lowest BCUT2D eigenvalue weighted by molar-refractivity contribution is 0.462. The second-order valence-electron chi connectivity index (χ2n) is 2.88. The SMILES string of the molecule is Cc1nc(C)c(O)c(C)c1C. The van der Waals surface area contributed by atoms with Gasteiger partial charge in [-0.25, -0.2) is 0 Å². The second-order valence-corrected chi connectivity index (χ2v) is 2.88. The summed E-state index contributed by atoms with van der Waals surface area (Å²) < 4.78 is 0. The fourth-order valence-corrected chi connectivity index (χ4v) is 1.11. The lowest BCUT2D eigenvalue weighted by Gasteiger charge is -2.07. The molecule has 0 saturated heterocycles. The van der Waals surface area contributed by atoms with E-state index < -0.39 is 0 Å². The smallest absolute Gasteiger partial charge is 0.139 e. The summed E-state index contributed by atoms with van der Waals surface area (Å²) in [5, 5.41) is 9.45. The van der Waals surface area contributed by atoms with Crippen LogP contribution in [-0.4, -0.2) is 10.1 Å². The van der Waals surface area contributed by atoms with Crippen molar-refractivity contribution in [1.82, 2.24) is 4.98 Å². The molecular weight excluding hydrogens is 138 g/mol. The van der Waals surface area contributed by atoms with E-state index in [4.69, 9.17) is 0 Å². The molecule has 0 aliphatic heterocycles. The zero-order chi connectivity index (χ0) is 8.59. The fourth-order valence-electron chi connectivity index (χ4n) is 1.11. The first-order chi connectivity index (χ1) is 5.04. The molecule has 0 amide bonds. The molecule has 11 heavy (non-hydrogen) atoms. The van der Waals surface area contributed by atoms with Crippen molar-refractivity contribution >= 4 is 0 Å². The molecule has 0 aliphatic carbocycles. The van der Waals surface area contributed by atoms with E-state index in [1.165, 1.54) is 0 Å². The van der Waals surface area contributed by atoms with E-state index in [0.29, 0.717) is 11.4 Å². The maximum absolute atomic E-state index is 9.45. The molecule has 1 aromatic heterocycles. The number of aromatic nitrogens is 1. The van der Waals surface area contributed by atoms with Crippen LogP contribution in [0.15, 0.2) is 0 Å². The van der Waals surface area contributed by atoms with Crippen molar-refractivity contribution in [2.75, 3.05) is 0 Å². The van der Waals surface area contributed by atoms with Crippen LogP contribution in [0.3, 0.4) is 0 Å². The minimum atomic E-state index is 0.327. The van der Waals surface area contributed by atoms with Gasteiger partial charge in [0.2, 0.25) is 0 Å². The largest absolute Gasteiger partial charge is 0.506 e. The molecular formula is C9H13NO. The summed E-state index contributed by atoms with van der Waals surface area (Å²) in [6, 6.07) is 0. The van der Waals surface area contributed by atoms with Crippen molar-refractivity contribution in [3.05, 3.63) is 22.5 Å². The third-order valence-electron chi connectivity index (χ3n) is 2.14. The van der Waals surface area contributed by atoms with E-state index >= 15 is 0 Å². The van der Waals surface area contributed by atoms with Crippen LogP contribution in [0.4, 0.5) is 0 Å². The summed E-state index contributed by atoms with van der Waals surface area (Å²) in [6.45, 7) is 7.65. The highest BCUT2D eigenvalue weighted by Gasteiger charge is 2.06. The molecule has 0 aromatic carbocycles. The minimum absolute atomic E-state index is 0.327. The molecule has 0 bridgehead atoms. The van der Waals surface area contributed by atoms with Crippen molar-refractivity contribution in [2.24, 2.45) is 0 Å². The molecule has 0 aliphatic rings. The maximum Gasteiger partial charge on any atom is 0.139 e. The van der Waals surface area contributed by atoms with Crippen LogP contribution >= 0.6 is 0 Å². The van der Waals surface area contributed by atoms with Crippen molar-refractivity contribution in [1.29, 1.82) is 0 Å². The molecule has 0 unspecified atom stereocenters. The number of hydrogen-bond donors (Lipinski definition) is 1. The van der Waals surface area contributed by atoms with E-state index in [0.717, 1.165) is 16.8 Å². The van der Waals surface area contributed by atoms with Crippen LogP contribution in [0.25, 0.3) is 0 Å². The number of pyridine rings is 1. The molecule has 0 fully saturated rings. The Labute approximate surface area is 66.9 Å². The van der Waals surface area contributed by atoms with Crippen LogP contribution in [0.5, 0.6) is 5.75 Å². The molecule has 1 aromatic rings. The Morgan fingerprint density at radius 2 is 1.45 bits per heavy atom. The Morgan fingerprint density at radius 3 is 2.00 bits per heavy atom. The zero-order valence-corrected chi connectivity index (χ0v) is 7.39. The number of aryl methyl sites for hydroxylation is 2. The van der Waals surface area contributed by atoms with Crippen LogP contribution in [0.2, 0.25) is 0 Å². The van der Waals surface area contributed by atoms with Gasteiger partial charge in [0, 0.05) is 5.69 Å². The van der Waals surface area contributed by atoms with Gasteiger partial charge in [0.1, 0.15) is 5.75 Å². The lowest BCUT2D eigenvalue weighted by Crippen LogP contribution is -1.94. The number of aromatic hydroxyl groups is 1. The normalized spacial score (nSPS) is 10.2. The molecule has 0 saturated carbocycles. The number of hydrogen-bond acceptors (Lipinski definition) is 2. The quantitative estimate of drug-likeness (QED) is 0.615. The van der Waals surface area contributed by atoms with Crippen molar-refractivity contribution in [3.8, 4) is 5.75 Å². The van der Waals surface area contributed by atoms with Crippen LogP contribution in [-0.2, 0) is 0 Å². The molecule has 0 atom stereocenters. The zero-order valence-electron chi connectivity index (χ0n) is 7.39. The first-order valence-corrected chi connectivity index (χ1v) is 3.67. The average Bonchev–Trinajstić information content (AvgIpc) is 1.97. The highest BCUT2D eigenvalue weighted by molar-refractivity contribution is 5.41. The van der Waals surface area contributed by atoms with Gasteiger partial charge in [-0.3, -0.25) is 4.98 Å². The van der Waals surface area contributed by atoms with Gasteiger partial charge in [-0.2, -0.15) is 0 Å². The van der Waals surface area contributed by atoms with E-state index in [1.807, 2.05) is 27.7 Å². The van der Waals surface area contributed by atoms with Crippen LogP contribution < -0.4 is 0 Å². The third-order valence-corrected chi connectivity index (χ3v) is 2.14. The monoisotopic (exact) mass is 151 g/mol. The molecule has 2 heteroatoms. The molecule has 0 spiro atoms. The Balaban J connectivity index is 3.46. The van der Waals surface area contributed by atoms with Gasteiger partial charge in [-0.15, -0.1) is 0 Å². The van der Waals surface area contributed by atoms with Gasteiger partial charge in [0.25, 0.3) is 0 Å². The Kier molecular flexibility index (Phi) is 1.85.